The molecule has 0 saturated carbocycles. The van der Waals surface area contributed by atoms with E-state index in [-0.39, 0.29) is 0 Å². The van der Waals surface area contributed by atoms with Crippen LogP contribution in [0.3, 0.4) is 0 Å². The molecule has 0 bridgehead atoms. The zero-order chi connectivity index (χ0) is 11.0. The van der Waals surface area contributed by atoms with Crippen molar-refractivity contribution >= 4 is 11.8 Å². The van der Waals surface area contributed by atoms with E-state index in [4.69, 9.17) is 0 Å². The number of thioether (sulfide) groups is 1. The van der Waals surface area contributed by atoms with Gasteiger partial charge in [-0.3, -0.25) is 4.90 Å². The Morgan fingerprint density at radius 2 is 1.56 bits per heavy atom. The molecule has 0 aromatic heterocycles. The van der Waals surface area contributed by atoms with Gasteiger partial charge in [-0.2, -0.15) is 11.8 Å². The zero-order valence-electron chi connectivity index (χ0n) is 10.3. The summed E-state index contributed by atoms with van der Waals surface area (Å²) in [5, 5.41) is 0. The van der Waals surface area contributed by atoms with Crippen molar-refractivity contribution < 1.29 is 0 Å². The fourth-order valence-corrected chi connectivity index (χ4v) is 4.13. The average molecular weight is 241 g/mol. The van der Waals surface area contributed by atoms with Crippen LogP contribution in [0.15, 0.2) is 0 Å². The van der Waals surface area contributed by atoms with Crippen molar-refractivity contribution in [1.29, 1.82) is 0 Å². The van der Waals surface area contributed by atoms with E-state index in [1.54, 1.807) is 0 Å². The minimum atomic E-state index is 0.771. The molecule has 0 radical (unpaired) electrons. The molecule has 4 heteroatoms. The molecule has 1 spiro atoms. The first-order valence-corrected chi connectivity index (χ1v) is 7.62. The highest BCUT2D eigenvalue weighted by molar-refractivity contribution is 8.00. The first kappa shape index (κ1) is 11.3. The smallest absolute Gasteiger partial charge is 0.0138 e. The van der Waals surface area contributed by atoms with Crippen LogP contribution in [0.1, 0.15) is 0 Å². The number of hydrogen-bond donors (Lipinski definition) is 0. The summed E-state index contributed by atoms with van der Waals surface area (Å²) in [5.41, 5.74) is 0.771. The Kier molecular flexibility index (Phi) is 3.17. The first-order valence-electron chi connectivity index (χ1n) is 6.47. The molecule has 3 aliphatic rings. The summed E-state index contributed by atoms with van der Waals surface area (Å²) < 4.78 is 0. The van der Waals surface area contributed by atoms with Gasteiger partial charge < -0.3 is 9.80 Å². The Labute approximate surface area is 103 Å². The molecule has 3 fully saturated rings. The Morgan fingerprint density at radius 3 is 2.12 bits per heavy atom. The predicted octanol–water partition coefficient (Wildman–Crippen LogP) is 0.283. The molecule has 0 amide bonds. The van der Waals surface area contributed by atoms with E-state index in [1.165, 1.54) is 63.9 Å². The van der Waals surface area contributed by atoms with Gasteiger partial charge in [0.25, 0.3) is 0 Å². The quantitative estimate of drug-likeness (QED) is 0.702. The molecule has 3 aliphatic heterocycles. The third-order valence-electron chi connectivity index (χ3n) is 4.26. The Hall–Kier alpha value is 0.230. The van der Waals surface area contributed by atoms with Crippen molar-refractivity contribution in [3.05, 3.63) is 0 Å². The lowest BCUT2D eigenvalue weighted by Crippen LogP contribution is -2.64. The van der Waals surface area contributed by atoms with Gasteiger partial charge in [-0.1, -0.05) is 0 Å². The lowest BCUT2D eigenvalue weighted by molar-refractivity contribution is 0.0184. The molecule has 3 heterocycles. The lowest BCUT2D eigenvalue weighted by Gasteiger charge is -2.55. The molecule has 3 nitrogen and oxygen atoms in total. The van der Waals surface area contributed by atoms with Crippen molar-refractivity contribution in [2.45, 2.75) is 0 Å². The number of hydrogen-bond acceptors (Lipinski definition) is 4. The highest BCUT2D eigenvalue weighted by Gasteiger charge is 2.47. The molecule has 0 aliphatic carbocycles. The van der Waals surface area contributed by atoms with E-state index in [2.05, 4.69) is 33.5 Å². The molecular formula is C12H23N3S. The summed E-state index contributed by atoms with van der Waals surface area (Å²) in [5.74, 6) is 2.86. The van der Waals surface area contributed by atoms with Gasteiger partial charge in [0.15, 0.2) is 0 Å². The van der Waals surface area contributed by atoms with Crippen molar-refractivity contribution in [3.8, 4) is 0 Å². The molecule has 16 heavy (non-hydrogen) atoms. The maximum absolute atomic E-state index is 2.65. The summed E-state index contributed by atoms with van der Waals surface area (Å²) in [4.78, 5) is 7.71. The average Bonchev–Trinajstić information content (AvgIpc) is 2.16. The first-order chi connectivity index (χ1) is 7.76. The fraction of sp³-hybridized carbons (Fsp3) is 1.00. The second kappa shape index (κ2) is 4.48. The summed E-state index contributed by atoms with van der Waals surface area (Å²) in [6.07, 6.45) is 0. The van der Waals surface area contributed by atoms with Crippen molar-refractivity contribution in [2.75, 3.05) is 70.9 Å². The topological polar surface area (TPSA) is 9.72 Å². The summed E-state index contributed by atoms with van der Waals surface area (Å²) in [6.45, 7) is 10.4. The van der Waals surface area contributed by atoms with Crippen LogP contribution in [0.2, 0.25) is 0 Å². The van der Waals surface area contributed by atoms with E-state index in [0.29, 0.717) is 0 Å². The van der Waals surface area contributed by atoms with Gasteiger partial charge in [0.1, 0.15) is 0 Å². The van der Waals surface area contributed by atoms with Crippen molar-refractivity contribution in [2.24, 2.45) is 5.41 Å². The van der Waals surface area contributed by atoms with E-state index in [1.807, 2.05) is 0 Å². The van der Waals surface area contributed by atoms with Gasteiger partial charge in [0.05, 0.1) is 0 Å². The number of nitrogens with zero attached hydrogens (tertiary/aromatic N) is 3. The molecule has 3 saturated heterocycles. The third-order valence-corrected chi connectivity index (χ3v) is 5.90. The lowest BCUT2D eigenvalue weighted by atomic mass is 9.83. The molecule has 0 N–H and O–H groups in total. The molecule has 92 valence electrons. The van der Waals surface area contributed by atoms with E-state index >= 15 is 0 Å². The maximum atomic E-state index is 2.65. The van der Waals surface area contributed by atoms with E-state index in [9.17, 15) is 0 Å². The Morgan fingerprint density at radius 1 is 0.938 bits per heavy atom. The van der Waals surface area contributed by atoms with Crippen LogP contribution in [-0.4, -0.2) is 85.6 Å². The summed E-state index contributed by atoms with van der Waals surface area (Å²) in [6, 6.07) is 0. The van der Waals surface area contributed by atoms with Gasteiger partial charge in [-0.15, -0.1) is 0 Å². The van der Waals surface area contributed by atoms with Gasteiger partial charge in [-0.05, 0) is 7.05 Å². The van der Waals surface area contributed by atoms with Crippen LogP contribution in [0.4, 0.5) is 0 Å². The minimum absolute atomic E-state index is 0.771. The summed E-state index contributed by atoms with van der Waals surface area (Å²) >= 11 is 2.13. The van der Waals surface area contributed by atoms with Crippen LogP contribution in [-0.2, 0) is 0 Å². The molecular weight excluding hydrogens is 218 g/mol. The van der Waals surface area contributed by atoms with Gasteiger partial charge in [-0.25, -0.2) is 0 Å². The van der Waals surface area contributed by atoms with E-state index < -0.39 is 0 Å². The highest BCUT2D eigenvalue weighted by atomic mass is 32.2. The largest absolute Gasteiger partial charge is 0.304 e. The van der Waals surface area contributed by atoms with Crippen LogP contribution < -0.4 is 0 Å². The molecule has 0 aromatic carbocycles. The second-order valence-electron chi connectivity index (χ2n) is 5.85. The predicted molar refractivity (Wildman–Crippen MR) is 70.1 cm³/mol. The van der Waals surface area contributed by atoms with Crippen LogP contribution in [0.5, 0.6) is 0 Å². The van der Waals surface area contributed by atoms with Crippen molar-refractivity contribution in [1.82, 2.24) is 14.7 Å². The van der Waals surface area contributed by atoms with Crippen LogP contribution in [0, 0.1) is 5.41 Å². The molecule has 3 rings (SSSR count). The summed E-state index contributed by atoms with van der Waals surface area (Å²) in [7, 11) is 2.23. The fourth-order valence-electron chi connectivity index (χ4n) is 2.99. The highest BCUT2D eigenvalue weighted by Crippen LogP contribution is 2.44. The van der Waals surface area contributed by atoms with E-state index in [0.717, 1.165) is 5.41 Å². The maximum Gasteiger partial charge on any atom is 0.0138 e. The van der Waals surface area contributed by atoms with Gasteiger partial charge in [0.2, 0.25) is 0 Å². The molecule has 0 atom stereocenters. The van der Waals surface area contributed by atoms with Gasteiger partial charge in [0, 0.05) is 69.3 Å². The normalized spacial score (nSPS) is 31.3. The van der Waals surface area contributed by atoms with Gasteiger partial charge >= 0.3 is 0 Å². The monoisotopic (exact) mass is 241 g/mol. The molecule has 0 aromatic rings. The third kappa shape index (κ3) is 2.26. The Bertz CT molecular complexity index is 239. The van der Waals surface area contributed by atoms with Crippen LogP contribution >= 0.6 is 11.8 Å². The number of rotatable bonds is 3. The number of likely N-dealkylation sites (tertiary alicyclic amines) is 1. The number of piperazine rings is 1. The standard InChI is InChI=1S/C12H23N3S/c1-13-2-4-14(5-3-13)6-7-15-8-12(9-15)10-16-11-12/h2-11H2,1H3. The van der Waals surface area contributed by atoms with Crippen LogP contribution in [0.25, 0.3) is 0 Å². The Balaban J connectivity index is 1.32. The zero-order valence-corrected chi connectivity index (χ0v) is 11.1. The minimum Gasteiger partial charge on any atom is -0.304 e. The number of likely N-dealkylation sites (N-methyl/N-ethyl adjacent to an activating group) is 1. The van der Waals surface area contributed by atoms with Crippen molar-refractivity contribution in [3.63, 3.8) is 0 Å². The molecule has 0 unspecified atom stereocenters. The SMILES string of the molecule is CN1CCN(CCN2CC3(CSC3)C2)CC1. The second-order valence-corrected chi connectivity index (χ2v) is 6.83.